The lowest BCUT2D eigenvalue weighted by Crippen LogP contribution is -2.47. The maximum Gasteiger partial charge on any atom is 0.275 e. The van der Waals surface area contributed by atoms with Crippen LogP contribution in [-0.4, -0.2) is 67.0 Å². The third-order valence-corrected chi connectivity index (χ3v) is 6.15. The first-order valence-electron chi connectivity index (χ1n) is 11.7. The van der Waals surface area contributed by atoms with E-state index in [0.717, 1.165) is 44.9 Å². The molecule has 0 atom stereocenters. The van der Waals surface area contributed by atoms with Gasteiger partial charge in [0.2, 0.25) is 5.43 Å². The molecule has 1 fully saturated rings. The summed E-state index contributed by atoms with van der Waals surface area (Å²) in [5.74, 6) is -0.184. The number of aromatic nitrogens is 2. The number of piperazine rings is 1. The summed E-state index contributed by atoms with van der Waals surface area (Å²) < 4.78 is 20.7. The Balaban J connectivity index is 1.26. The second-order valence-corrected chi connectivity index (χ2v) is 8.50. The number of hydrogen-bond donors (Lipinski definition) is 1. The van der Waals surface area contributed by atoms with Gasteiger partial charge in [-0.3, -0.25) is 14.5 Å². The first-order chi connectivity index (χ1) is 17.0. The summed E-state index contributed by atoms with van der Waals surface area (Å²) >= 11 is 0. The minimum Gasteiger partial charge on any atom is -0.497 e. The molecule has 184 valence electrons. The van der Waals surface area contributed by atoms with Crippen molar-refractivity contribution in [2.24, 2.45) is 0 Å². The number of nitrogens with one attached hydrogen (secondary N) is 1. The summed E-state index contributed by atoms with van der Waals surface area (Å²) in [5.41, 5.74) is 1.09. The zero-order valence-electron chi connectivity index (χ0n) is 20.0. The van der Waals surface area contributed by atoms with Gasteiger partial charge in [-0.2, -0.15) is 5.10 Å². The predicted molar refractivity (Wildman–Crippen MR) is 133 cm³/mol. The third-order valence-electron chi connectivity index (χ3n) is 6.15. The first kappa shape index (κ1) is 24.4. The highest BCUT2D eigenvalue weighted by Crippen LogP contribution is 2.20. The molecule has 4 rings (SSSR count). The van der Waals surface area contributed by atoms with Gasteiger partial charge in [-0.1, -0.05) is 12.1 Å². The number of nitrogens with zero attached hydrogens (tertiary/aromatic N) is 4. The molecule has 1 amide bonds. The molecular formula is C26H30FN5O3. The first-order valence-corrected chi connectivity index (χ1v) is 11.7. The Bertz CT molecular complexity index is 1220. The molecule has 1 aromatic heterocycles. The molecule has 2 heterocycles. The van der Waals surface area contributed by atoms with E-state index in [1.165, 1.54) is 22.5 Å². The van der Waals surface area contributed by atoms with Crippen LogP contribution in [0.25, 0.3) is 5.69 Å². The molecule has 0 radical (unpaired) electrons. The normalized spacial score (nSPS) is 14.1. The molecule has 0 aliphatic carbocycles. The summed E-state index contributed by atoms with van der Waals surface area (Å²) in [6.07, 6.45) is 0.752. The maximum atomic E-state index is 14.2. The SMILES string of the molecule is COc1ccc(N2CCN(CCCNC(=O)c3nn(-c4ccccc4F)c(C)cc3=O)CC2)cc1. The molecule has 1 aliphatic rings. The fraction of sp³-hybridized carbons (Fsp3) is 0.346. The van der Waals surface area contributed by atoms with E-state index in [0.29, 0.717) is 12.2 Å². The molecule has 8 nitrogen and oxygen atoms in total. The summed E-state index contributed by atoms with van der Waals surface area (Å²) in [6.45, 7) is 6.66. The molecule has 1 aliphatic heterocycles. The minimum atomic E-state index is -0.551. The molecule has 0 spiro atoms. The fourth-order valence-corrected chi connectivity index (χ4v) is 4.18. The van der Waals surface area contributed by atoms with Crippen molar-refractivity contribution < 1.29 is 13.9 Å². The monoisotopic (exact) mass is 479 g/mol. The number of carbonyl (C=O) groups excluding carboxylic acids is 1. The highest BCUT2D eigenvalue weighted by atomic mass is 19.1. The van der Waals surface area contributed by atoms with Gasteiger partial charge in [0.15, 0.2) is 5.69 Å². The van der Waals surface area contributed by atoms with Crippen LogP contribution in [0.5, 0.6) is 5.75 Å². The van der Waals surface area contributed by atoms with Gasteiger partial charge in [0.05, 0.1) is 7.11 Å². The van der Waals surface area contributed by atoms with E-state index in [9.17, 15) is 14.0 Å². The highest BCUT2D eigenvalue weighted by molar-refractivity contribution is 5.92. The number of para-hydroxylation sites is 1. The number of carbonyl (C=O) groups is 1. The van der Waals surface area contributed by atoms with Crippen LogP contribution in [0.3, 0.4) is 0 Å². The Labute approximate surface area is 203 Å². The van der Waals surface area contributed by atoms with Crippen LogP contribution in [0.2, 0.25) is 0 Å². The Hall–Kier alpha value is -3.72. The number of amides is 1. The smallest absolute Gasteiger partial charge is 0.275 e. The van der Waals surface area contributed by atoms with E-state index in [2.05, 4.69) is 32.3 Å². The van der Waals surface area contributed by atoms with Crippen LogP contribution in [0, 0.1) is 12.7 Å². The summed E-state index contributed by atoms with van der Waals surface area (Å²) in [4.78, 5) is 29.7. The van der Waals surface area contributed by atoms with Crippen LogP contribution in [0.4, 0.5) is 10.1 Å². The van der Waals surface area contributed by atoms with E-state index in [1.807, 2.05) is 12.1 Å². The summed E-state index contributed by atoms with van der Waals surface area (Å²) in [5, 5.41) is 6.93. The molecule has 2 aromatic carbocycles. The molecule has 35 heavy (non-hydrogen) atoms. The molecule has 0 unspecified atom stereocenters. The Morgan fingerprint density at radius 1 is 1.09 bits per heavy atom. The van der Waals surface area contributed by atoms with Gasteiger partial charge in [0.1, 0.15) is 17.3 Å². The zero-order chi connectivity index (χ0) is 24.8. The van der Waals surface area contributed by atoms with Crippen molar-refractivity contribution in [3.8, 4) is 11.4 Å². The van der Waals surface area contributed by atoms with Gasteiger partial charge < -0.3 is 15.0 Å². The van der Waals surface area contributed by atoms with Gasteiger partial charge in [-0.25, -0.2) is 9.07 Å². The van der Waals surface area contributed by atoms with Crippen LogP contribution in [-0.2, 0) is 0 Å². The van der Waals surface area contributed by atoms with Gasteiger partial charge in [0, 0.05) is 50.2 Å². The predicted octanol–water partition coefficient (Wildman–Crippen LogP) is 2.63. The molecule has 9 heteroatoms. The van der Waals surface area contributed by atoms with Crippen LogP contribution in [0.15, 0.2) is 59.4 Å². The van der Waals surface area contributed by atoms with Crippen molar-refractivity contribution in [1.29, 1.82) is 0 Å². The topological polar surface area (TPSA) is 79.7 Å². The number of anilines is 1. The lowest BCUT2D eigenvalue weighted by atomic mass is 10.2. The van der Waals surface area contributed by atoms with Crippen molar-refractivity contribution in [3.63, 3.8) is 0 Å². The van der Waals surface area contributed by atoms with Crippen molar-refractivity contribution in [1.82, 2.24) is 20.0 Å². The lowest BCUT2D eigenvalue weighted by Gasteiger charge is -2.36. The van der Waals surface area contributed by atoms with Crippen molar-refractivity contribution in [2.45, 2.75) is 13.3 Å². The maximum absolute atomic E-state index is 14.2. The molecule has 1 N–H and O–H groups in total. The van der Waals surface area contributed by atoms with Gasteiger partial charge in [0.25, 0.3) is 5.91 Å². The number of ether oxygens (including phenoxy) is 1. The lowest BCUT2D eigenvalue weighted by molar-refractivity contribution is 0.0943. The van der Waals surface area contributed by atoms with Crippen LogP contribution < -0.4 is 20.4 Å². The van der Waals surface area contributed by atoms with Crippen molar-refractivity contribution in [3.05, 3.63) is 82.0 Å². The van der Waals surface area contributed by atoms with Crippen molar-refractivity contribution >= 4 is 11.6 Å². The van der Waals surface area contributed by atoms with E-state index >= 15 is 0 Å². The number of hydrogen-bond acceptors (Lipinski definition) is 6. The average molecular weight is 480 g/mol. The molecule has 0 saturated carbocycles. The van der Waals surface area contributed by atoms with Crippen LogP contribution in [0.1, 0.15) is 22.6 Å². The fourth-order valence-electron chi connectivity index (χ4n) is 4.18. The van der Waals surface area contributed by atoms with E-state index in [-0.39, 0.29) is 11.4 Å². The summed E-state index contributed by atoms with van der Waals surface area (Å²) in [6, 6.07) is 15.5. The van der Waals surface area contributed by atoms with Crippen molar-refractivity contribution in [2.75, 3.05) is 51.3 Å². The van der Waals surface area contributed by atoms with Gasteiger partial charge in [-0.05, 0) is 56.3 Å². The highest BCUT2D eigenvalue weighted by Gasteiger charge is 2.18. The van der Waals surface area contributed by atoms with E-state index in [4.69, 9.17) is 4.74 Å². The molecular weight excluding hydrogens is 449 g/mol. The zero-order valence-corrected chi connectivity index (χ0v) is 20.0. The number of rotatable bonds is 8. The molecule has 1 saturated heterocycles. The Kier molecular flexibility index (Phi) is 7.77. The number of benzene rings is 2. The second kappa shape index (κ2) is 11.1. The largest absolute Gasteiger partial charge is 0.497 e. The Morgan fingerprint density at radius 2 is 1.80 bits per heavy atom. The standard InChI is InChI=1S/C26H30FN5O3/c1-19-18-24(33)25(29-32(19)23-7-4-3-6-22(23)27)26(34)28-12-5-13-30-14-16-31(17-15-30)20-8-10-21(35-2)11-9-20/h3-4,6-11,18H,5,12-17H2,1-2H3,(H,28,34). The number of aryl methyl sites for hydroxylation is 1. The summed E-state index contributed by atoms with van der Waals surface area (Å²) in [7, 11) is 1.66. The molecule has 0 bridgehead atoms. The second-order valence-electron chi connectivity index (χ2n) is 8.50. The van der Waals surface area contributed by atoms with Crippen LogP contribution >= 0.6 is 0 Å². The van der Waals surface area contributed by atoms with Gasteiger partial charge >= 0.3 is 0 Å². The minimum absolute atomic E-state index is 0.188. The number of halogens is 1. The molecule has 3 aromatic rings. The third kappa shape index (κ3) is 5.86. The number of methoxy groups -OCH3 is 1. The van der Waals surface area contributed by atoms with E-state index < -0.39 is 17.2 Å². The quantitative estimate of drug-likeness (QED) is 0.501. The van der Waals surface area contributed by atoms with E-state index in [1.54, 1.807) is 32.2 Å². The average Bonchev–Trinajstić information content (AvgIpc) is 2.87. The van der Waals surface area contributed by atoms with Gasteiger partial charge in [-0.15, -0.1) is 0 Å². The Morgan fingerprint density at radius 3 is 2.49 bits per heavy atom.